The molecule has 8 nitrogen and oxygen atoms in total. The van der Waals surface area contributed by atoms with Crippen LogP contribution in [-0.2, 0) is 18.9 Å². The van der Waals surface area contributed by atoms with Crippen LogP contribution in [0.15, 0.2) is 63.1 Å². The van der Waals surface area contributed by atoms with Crippen molar-refractivity contribution in [3.05, 3.63) is 81.0 Å². The molecule has 0 spiro atoms. The summed E-state index contributed by atoms with van der Waals surface area (Å²) in [5.41, 5.74) is -0.625. The highest BCUT2D eigenvalue weighted by Gasteiger charge is 2.19. The normalized spacial score (nSPS) is 11.0. The van der Waals surface area contributed by atoms with Gasteiger partial charge in [0, 0.05) is 19.7 Å². The van der Waals surface area contributed by atoms with Gasteiger partial charge >= 0.3 is 5.69 Å². The quantitative estimate of drug-likeness (QED) is 0.357. The molecule has 168 valence electrons. The number of fused-ring (bicyclic) bond motifs is 1. The van der Waals surface area contributed by atoms with Crippen molar-refractivity contribution >= 4 is 34.4 Å². The third-order valence-corrected chi connectivity index (χ3v) is 5.83. The van der Waals surface area contributed by atoms with Gasteiger partial charge in [0.1, 0.15) is 22.0 Å². The van der Waals surface area contributed by atoms with E-state index in [-0.39, 0.29) is 33.3 Å². The molecule has 0 unspecified atom stereocenters. The highest BCUT2D eigenvalue weighted by atomic mass is 32.2. The summed E-state index contributed by atoms with van der Waals surface area (Å²) >= 11 is 0.944. The molecule has 33 heavy (non-hydrogen) atoms. The van der Waals surface area contributed by atoms with Crippen LogP contribution >= 0.6 is 11.8 Å². The third-order valence-electron chi connectivity index (χ3n) is 4.86. The molecule has 0 saturated heterocycles. The first kappa shape index (κ1) is 22.3. The van der Waals surface area contributed by atoms with E-state index in [0.717, 1.165) is 16.3 Å². The van der Waals surface area contributed by atoms with Crippen molar-refractivity contribution in [2.24, 2.45) is 14.1 Å². The molecule has 11 heteroatoms. The van der Waals surface area contributed by atoms with E-state index in [4.69, 9.17) is 0 Å². The lowest BCUT2D eigenvalue weighted by atomic mass is 10.2. The van der Waals surface area contributed by atoms with E-state index in [0.29, 0.717) is 5.56 Å². The number of carbonyl (C=O) groups excluding carboxylic acids is 1. The molecule has 0 aliphatic rings. The Morgan fingerprint density at radius 2 is 1.70 bits per heavy atom. The molecule has 0 saturated carbocycles. The zero-order valence-electron chi connectivity index (χ0n) is 17.5. The number of hydrogen-bond donors (Lipinski definition) is 1. The number of nitrogens with zero attached hydrogens (tertiary/aromatic N) is 4. The second-order valence-corrected chi connectivity index (χ2v) is 8.04. The lowest BCUT2D eigenvalue weighted by molar-refractivity contribution is -0.113. The topological polar surface area (TPSA) is 98.9 Å². The minimum Gasteiger partial charge on any atom is -0.323 e. The molecule has 1 N–H and O–H groups in total. The summed E-state index contributed by atoms with van der Waals surface area (Å²) in [4.78, 5) is 46.5. The smallest absolute Gasteiger partial charge is 0.323 e. The molecular formula is C22H17F2N5O3S. The van der Waals surface area contributed by atoms with Crippen molar-refractivity contribution in [1.29, 1.82) is 0 Å². The first-order valence-corrected chi connectivity index (χ1v) is 10.7. The van der Waals surface area contributed by atoms with Crippen LogP contribution in [0.1, 0.15) is 0 Å². The average molecular weight is 469 g/mol. The minimum atomic E-state index is -0.615. The van der Waals surface area contributed by atoms with Gasteiger partial charge in [-0.1, -0.05) is 23.9 Å². The SMILES string of the molecule is Cn1c(=O)c2c(SCC(=O)Nc3ccccc3F)nc(-c3ccc(F)cc3)nc2n(C)c1=O. The van der Waals surface area contributed by atoms with Crippen LogP contribution in [0, 0.1) is 11.6 Å². The molecule has 0 atom stereocenters. The number of aromatic nitrogens is 4. The van der Waals surface area contributed by atoms with Gasteiger partial charge in [-0.05, 0) is 36.4 Å². The Morgan fingerprint density at radius 3 is 2.39 bits per heavy atom. The Hall–Kier alpha value is -3.86. The van der Waals surface area contributed by atoms with Gasteiger partial charge in [0.15, 0.2) is 11.5 Å². The van der Waals surface area contributed by atoms with E-state index in [9.17, 15) is 23.2 Å². The lowest BCUT2D eigenvalue weighted by Crippen LogP contribution is -2.37. The van der Waals surface area contributed by atoms with Crippen LogP contribution < -0.4 is 16.6 Å². The average Bonchev–Trinajstić information content (AvgIpc) is 2.81. The fraction of sp³-hybridized carbons (Fsp3) is 0.136. The van der Waals surface area contributed by atoms with Crippen LogP contribution in [0.4, 0.5) is 14.5 Å². The summed E-state index contributed by atoms with van der Waals surface area (Å²) in [5, 5.41) is 2.70. The number of thioether (sulfide) groups is 1. The molecule has 2 heterocycles. The van der Waals surface area contributed by atoms with Crippen molar-refractivity contribution in [2.75, 3.05) is 11.1 Å². The van der Waals surface area contributed by atoms with Crippen LogP contribution in [0.5, 0.6) is 0 Å². The summed E-state index contributed by atoms with van der Waals surface area (Å²) in [6, 6.07) is 11.1. The number of para-hydroxylation sites is 1. The predicted molar refractivity (Wildman–Crippen MR) is 121 cm³/mol. The fourth-order valence-corrected chi connectivity index (χ4v) is 3.96. The van der Waals surface area contributed by atoms with Gasteiger partial charge < -0.3 is 5.32 Å². The van der Waals surface area contributed by atoms with Crippen LogP contribution in [-0.4, -0.2) is 30.8 Å². The molecule has 2 aromatic carbocycles. The second kappa shape index (κ2) is 8.94. The first-order chi connectivity index (χ1) is 15.8. The molecule has 4 aromatic rings. The van der Waals surface area contributed by atoms with Crippen molar-refractivity contribution < 1.29 is 13.6 Å². The van der Waals surface area contributed by atoms with Crippen LogP contribution in [0.2, 0.25) is 0 Å². The van der Waals surface area contributed by atoms with Gasteiger partial charge in [-0.2, -0.15) is 0 Å². The Balaban J connectivity index is 1.77. The number of rotatable bonds is 5. The van der Waals surface area contributed by atoms with Crippen molar-refractivity contribution in [3.8, 4) is 11.4 Å². The molecule has 0 fully saturated rings. The maximum atomic E-state index is 13.8. The molecule has 4 rings (SSSR count). The number of hydrogen-bond acceptors (Lipinski definition) is 6. The number of anilines is 1. The Morgan fingerprint density at radius 1 is 1.00 bits per heavy atom. The standard InChI is InChI=1S/C22H17F2N5O3S/c1-28-19-17(21(31)29(2)22(28)32)20(27-18(26-19)12-7-9-13(23)10-8-12)33-11-16(30)25-15-6-4-3-5-14(15)24/h3-10H,11H2,1-2H3,(H,25,30). The van der Waals surface area contributed by atoms with Gasteiger partial charge in [-0.25, -0.2) is 23.5 Å². The summed E-state index contributed by atoms with van der Waals surface area (Å²) in [6.07, 6.45) is 0. The molecule has 0 radical (unpaired) electrons. The van der Waals surface area contributed by atoms with E-state index < -0.39 is 28.8 Å². The summed E-state index contributed by atoms with van der Waals surface area (Å²) in [7, 11) is 2.79. The molecule has 2 aromatic heterocycles. The number of aryl methyl sites for hydroxylation is 1. The Kier molecular flexibility index (Phi) is 6.05. The molecule has 0 aliphatic heterocycles. The van der Waals surface area contributed by atoms with Gasteiger partial charge in [0.25, 0.3) is 5.56 Å². The fourth-order valence-electron chi connectivity index (χ4n) is 3.14. The maximum Gasteiger partial charge on any atom is 0.332 e. The van der Waals surface area contributed by atoms with E-state index >= 15 is 0 Å². The Labute approximate surface area is 189 Å². The van der Waals surface area contributed by atoms with Gasteiger partial charge in [0.2, 0.25) is 5.91 Å². The number of amides is 1. The molecule has 0 bridgehead atoms. The largest absolute Gasteiger partial charge is 0.332 e. The van der Waals surface area contributed by atoms with E-state index in [2.05, 4.69) is 15.3 Å². The highest BCUT2D eigenvalue weighted by molar-refractivity contribution is 8.00. The van der Waals surface area contributed by atoms with Crippen LogP contribution in [0.3, 0.4) is 0 Å². The van der Waals surface area contributed by atoms with E-state index in [1.54, 1.807) is 6.07 Å². The maximum absolute atomic E-state index is 13.8. The zero-order valence-corrected chi connectivity index (χ0v) is 18.3. The van der Waals surface area contributed by atoms with Crippen molar-refractivity contribution in [2.45, 2.75) is 5.03 Å². The summed E-state index contributed by atoms with van der Waals surface area (Å²) in [5.74, 6) is -1.56. The molecular weight excluding hydrogens is 452 g/mol. The number of carbonyl (C=O) groups is 1. The lowest BCUT2D eigenvalue weighted by Gasteiger charge is -2.12. The minimum absolute atomic E-state index is 0.0287. The monoisotopic (exact) mass is 469 g/mol. The van der Waals surface area contributed by atoms with Gasteiger partial charge in [-0.15, -0.1) is 0 Å². The summed E-state index contributed by atoms with van der Waals surface area (Å²) in [6.45, 7) is 0. The van der Waals surface area contributed by atoms with Crippen LogP contribution in [0.25, 0.3) is 22.4 Å². The third kappa shape index (κ3) is 4.40. The Bertz CT molecular complexity index is 1500. The van der Waals surface area contributed by atoms with E-state index in [1.165, 1.54) is 61.1 Å². The molecule has 1 amide bonds. The summed E-state index contributed by atoms with van der Waals surface area (Å²) < 4.78 is 29.3. The number of halogens is 2. The highest BCUT2D eigenvalue weighted by Crippen LogP contribution is 2.26. The van der Waals surface area contributed by atoms with Crippen molar-refractivity contribution in [3.63, 3.8) is 0 Å². The zero-order chi connectivity index (χ0) is 23.7. The predicted octanol–water partition coefficient (Wildman–Crippen LogP) is 2.70. The van der Waals surface area contributed by atoms with Crippen molar-refractivity contribution in [1.82, 2.24) is 19.1 Å². The second-order valence-electron chi connectivity index (χ2n) is 7.08. The molecule has 0 aliphatic carbocycles. The van der Waals surface area contributed by atoms with Gasteiger partial charge in [-0.3, -0.25) is 18.7 Å². The first-order valence-electron chi connectivity index (χ1n) is 9.67. The van der Waals surface area contributed by atoms with Gasteiger partial charge in [0.05, 0.1) is 11.4 Å². The number of benzene rings is 2. The number of nitrogens with one attached hydrogen (secondary N) is 1. The van der Waals surface area contributed by atoms with E-state index in [1.807, 2.05) is 0 Å².